The Morgan fingerprint density at radius 2 is 2.10 bits per heavy atom. The number of carbonyl (C=O) groups excluding carboxylic acids is 1. The van der Waals surface area contributed by atoms with Crippen molar-refractivity contribution in [3.05, 3.63) is 59.4 Å². The van der Waals surface area contributed by atoms with Crippen LogP contribution in [-0.4, -0.2) is 52.4 Å². The van der Waals surface area contributed by atoms with Crippen LogP contribution < -0.4 is 0 Å². The molecule has 30 heavy (non-hydrogen) atoms. The predicted octanol–water partition coefficient (Wildman–Crippen LogP) is 4.38. The van der Waals surface area contributed by atoms with E-state index in [9.17, 15) is 4.79 Å². The summed E-state index contributed by atoms with van der Waals surface area (Å²) in [7, 11) is 1.91. The van der Waals surface area contributed by atoms with Crippen molar-refractivity contribution in [2.45, 2.75) is 38.6 Å². The molecular formula is C24H30N4OS. The smallest absolute Gasteiger partial charge is 0.222 e. The number of para-hydroxylation sites is 1. The van der Waals surface area contributed by atoms with Gasteiger partial charge in [-0.1, -0.05) is 18.2 Å². The molecular weight excluding hydrogens is 392 g/mol. The van der Waals surface area contributed by atoms with Gasteiger partial charge < -0.3 is 4.90 Å². The fourth-order valence-electron chi connectivity index (χ4n) is 4.18. The van der Waals surface area contributed by atoms with Gasteiger partial charge in [0.05, 0.1) is 16.8 Å². The number of piperidine rings is 1. The molecule has 1 atom stereocenters. The van der Waals surface area contributed by atoms with Gasteiger partial charge in [0, 0.05) is 44.9 Å². The first kappa shape index (κ1) is 20.9. The number of amides is 1. The van der Waals surface area contributed by atoms with Crippen molar-refractivity contribution in [3.63, 3.8) is 0 Å². The molecule has 0 radical (unpaired) electrons. The number of hydrogen-bond acceptors (Lipinski definition) is 5. The Hall–Kier alpha value is -2.31. The standard InChI is InChI=1S/C24H30N4OS/c1-27(16-13-20-8-4-5-14-25-20)24(29)12-11-19-7-6-15-28(17-19)18-23-26-21-9-2-3-10-22(21)30-23/h2-5,8-10,14,19H,6-7,11-13,15-18H2,1H3/t19-/m0/s1. The molecule has 1 aliphatic rings. The third-order valence-corrected chi connectivity index (χ3v) is 6.94. The van der Waals surface area contributed by atoms with E-state index in [1.54, 1.807) is 17.5 Å². The molecule has 1 aromatic carbocycles. The second-order valence-electron chi connectivity index (χ2n) is 8.24. The minimum Gasteiger partial charge on any atom is -0.345 e. The Labute approximate surface area is 182 Å². The van der Waals surface area contributed by atoms with Gasteiger partial charge in [0.15, 0.2) is 0 Å². The van der Waals surface area contributed by atoms with Crippen molar-refractivity contribution in [2.24, 2.45) is 5.92 Å². The van der Waals surface area contributed by atoms with Gasteiger partial charge in [0.25, 0.3) is 0 Å². The van der Waals surface area contributed by atoms with E-state index in [0.717, 1.165) is 50.2 Å². The number of fused-ring (bicyclic) bond motifs is 1. The highest BCUT2D eigenvalue weighted by molar-refractivity contribution is 7.18. The average Bonchev–Trinajstić information content (AvgIpc) is 3.19. The van der Waals surface area contributed by atoms with Crippen molar-refractivity contribution in [1.82, 2.24) is 19.8 Å². The highest BCUT2D eigenvalue weighted by Crippen LogP contribution is 2.26. The number of thiazole rings is 1. The Morgan fingerprint density at radius 3 is 2.93 bits per heavy atom. The normalized spacial score (nSPS) is 17.3. The fourth-order valence-corrected chi connectivity index (χ4v) is 5.19. The van der Waals surface area contributed by atoms with E-state index in [-0.39, 0.29) is 5.91 Å². The summed E-state index contributed by atoms with van der Waals surface area (Å²) in [4.78, 5) is 26.1. The van der Waals surface area contributed by atoms with Crippen LogP contribution in [0.3, 0.4) is 0 Å². The summed E-state index contributed by atoms with van der Waals surface area (Å²) in [5.74, 6) is 0.843. The first-order valence-corrected chi connectivity index (χ1v) is 11.7. The molecule has 6 heteroatoms. The Balaban J connectivity index is 1.22. The molecule has 1 aliphatic heterocycles. The van der Waals surface area contributed by atoms with Crippen molar-refractivity contribution in [2.75, 3.05) is 26.7 Å². The van der Waals surface area contributed by atoms with Crippen LogP contribution in [-0.2, 0) is 17.8 Å². The van der Waals surface area contributed by atoms with Gasteiger partial charge in [-0.25, -0.2) is 4.98 Å². The van der Waals surface area contributed by atoms with Crippen molar-refractivity contribution in [3.8, 4) is 0 Å². The zero-order valence-corrected chi connectivity index (χ0v) is 18.5. The van der Waals surface area contributed by atoms with E-state index >= 15 is 0 Å². The van der Waals surface area contributed by atoms with E-state index in [4.69, 9.17) is 4.98 Å². The number of aromatic nitrogens is 2. The summed E-state index contributed by atoms with van der Waals surface area (Å²) >= 11 is 1.80. The summed E-state index contributed by atoms with van der Waals surface area (Å²) in [6, 6.07) is 14.3. The van der Waals surface area contributed by atoms with Crippen LogP contribution in [0.4, 0.5) is 0 Å². The van der Waals surface area contributed by atoms with Crippen LogP contribution in [0.25, 0.3) is 10.2 Å². The number of pyridine rings is 1. The molecule has 0 N–H and O–H groups in total. The number of nitrogens with zero attached hydrogens (tertiary/aromatic N) is 4. The molecule has 0 spiro atoms. The Bertz CT molecular complexity index is 925. The molecule has 3 heterocycles. The molecule has 1 saturated heterocycles. The van der Waals surface area contributed by atoms with Crippen LogP contribution in [0.1, 0.15) is 36.4 Å². The summed E-state index contributed by atoms with van der Waals surface area (Å²) in [5.41, 5.74) is 2.14. The SMILES string of the molecule is CN(CCc1ccccn1)C(=O)CC[C@@H]1CCCN(Cc2nc3ccccc3s2)C1. The number of likely N-dealkylation sites (tertiary alicyclic amines) is 1. The molecule has 4 rings (SSSR count). The Morgan fingerprint density at radius 1 is 1.23 bits per heavy atom. The average molecular weight is 423 g/mol. The summed E-state index contributed by atoms with van der Waals surface area (Å²) in [6.45, 7) is 3.85. The minimum absolute atomic E-state index is 0.245. The Kier molecular flexibility index (Phi) is 7.07. The monoisotopic (exact) mass is 422 g/mol. The van der Waals surface area contributed by atoms with Crippen LogP contribution in [0.5, 0.6) is 0 Å². The largest absolute Gasteiger partial charge is 0.345 e. The maximum atomic E-state index is 12.6. The van der Waals surface area contributed by atoms with Gasteiger partial charge in [-0.15, -0.1) is 11.3 Å². The first-order chi connectivity index (χ1) is 14.7. The number of likely N-dealkylation sites (N-methyl/N-ethyl adjacent to an activating group) is 1. The van der Waals surface area contributed by atoms with Gasteiger partial charge in [-0.2, -0.15) is 0 Å². The lowest BCUT2D eigenvalue weighted by molar-refractivity contribution is -0.130. The van der Waals surface area contributed by atoms with E-state index in [1.807, 2.05) is 36.2 Å². The molecule has 0 saturated carbocycles. The van der Waals surface area contributed by atoms with Crippen LogP contribution in [0.15, 0.2) is 48.7 Å². The van der Waals surface area contributed by atoms with Gasteiger partial charge >= 0.3 is 0 Å². The number of hydrogen-bond donors (Lipinski definition) is 0. The molecule has 2 aromatic heterocycles. The van der Waals surface area contributed by atoms with Gasteiger partial charge in [-0.05, 0) is 56.0 Å². The summed E-state index contributed by atoms with van der Waals surface area (Å²) in [6.07, 6.45) is 6.66. The summed E-state index contributed by atoms with van der Waals surface area (Å²) in [5, 5.41) is 1.20. The van der Waals surface area contributed by atoms with Gasteiger partial charge in [0.2, 0.25) is 5.91 Å². The lowest BCUT2D eigenvalue weighted by Crippen LogP contribution is -2.36. The van der Waals surface area contributed by atoms with E-state index in [0.29, 0.717) is 12.3 Å². The molecule has 1 amide bonds. The van der Waals surface area contributed by atoms with Crippen molar-refractivity contribution >= 4 is 27.5 Å². The van der Waals surface area contributed by atoms with Gasteiger partial charge in [-0.3, -0.25) is 14.7 Å². The first-order valence-electron chi connectivity index (χ1n) is 10.9. The molecule has 5 nitrogen and oxygen atoms in total. The second-order valence-corrected chi connectivity index (χ2v) is 9.36. The zero-order chi connectivity index (χ0) is 20.8. The summed E-state index contributed by atoms with van der Waals surface area (Å²) < 4.78 is 1.26. The van der Waals surface area contributed by atoms with Crippen LogP contribution in [0.2, 0.25) is 0 Å². The number of rotatable bonds is 8. The van der Waals surface area contributed by atoms with Crippen LogP contribution >= 0.6 is 11.3 Å². The minimum atomic E-state index is 0.245. The molecule has 0 aliphatic carbocycles. The number of benzene rings is 1. The third kappa shape index (κ3) is 5.64. The van der Waals surface area contributed by atoms with Crippen molar-refractivity contribution < 1.29 is 4.79 Å². The predicted molar refractivity (Wildman–Crippen MR) is 122 cm³/mol. The van der Waals surface area contributed by atoms with E-state index in [2.05, 4.69) is 28.1 Å². The molecule has 0 unspecified atom stereocenters. The number of carbonyl (C=O) groups is 1. The van der Waals surface area contributed by atoms with E-state index < -0.39 is 0 Å². The molecule has 3 aromatic rings. The maximum Gasteiger partial charge on any atom is 0.222 e. The fraction of sp³-hybridized carbons (Fsp3) is 0.458. The maximum absolute atomic E-state index is 12.6. The molecule has 158 valence electrons. The van der Waals surface area contributed by atoms with Crippen molar-refractivity contribution in [1.29, 1.82) is 0 Å². The quantitative estimate of drug-likeness (QED) is 0.540. The lowest BCUT2D eigenvalue weighted by Gasteiger charge is -2.32. The highest BCUT2D eigenvalue weighted by atomic mass is 32.1. The third-order valence-electron chi connectivity index (χ3n) is 5.92. The molecule has 0 bridgehead atoms. The van der Waals surface area contributed by atoms with E-state index in [1.165, 1.54) is 22.5 Å². The molecule has 1 fully saturated rings. The second kappa shape index (κ2) is 10.1. The van der Waals surface area contributed by atoms with Gasteiger partial charge in [0.1, 0.15) is 5.01 Å². The van der Waals surface area contributed by atoms with Crippen LogP contribution in [0, 0.1) is 5.92 Å². The lowest BCUT2D eigenvalue weighted by atomic mass is 9.93. The highest BCUT2D eigenvalue weighted by Gasteiger charge is 2.22. The topological polar surface area (TPSA) is 49.3 Å². The zero-order valence-electron chi connectivity index (χ0n) is 17.7.